The van der Waals surface area contributed by atoms with E-state index >= 15 is 0 Å². The Morgan fingerprint density at radius 3 is 2.67 bits per heavy atom. The van der Waals surface area contributed by atoms with E-state index in [0.717, 1.165) is 21.4 Å². The van der Waals surface area contributed by atoms with E-state index in [4.69, 9.17) is 10.2 Å². The Morgan fingerprint density at radius 2 is 2.11 bits per heavy atom. The topological polar surface area (TPSA) is 59.4 Å². The Balaban J connectivity index is 2.28. The van der Waals surface area contributed by atoms with Crippen molar-refractivity contribution in [1.29, 1.82) is 0 Å². The lowest BCUT2D eigenvalue weighted by Gasteiger charge is -2.21. The van der Waals surface area contributed by atoms with Crippen LogP contribution in [-0.4, -0.2) is 11.7 Å². The quantitative estimate of drug-likeness (QED) is 0.912. The molecule has 2 unspecified atom stereocenters. The highest BCUT2D eigenvalue weighted by Gasteiger charge is 2.22. The number of hydrogen-bond acceptors (Lipinski definition) is 3. The first kappa shape index (κ1) is 13.3. The van der Waals surface area contributed by atoms with Gasteiger partial charge in [-0.05, 0) is 30.7 Å². The van der Waals surface area contributed by atoms with Crippen molar-refractivity contribution in [3.63, 3.8) is 0 Å². The Kier molecular flexibility index (Phi) is 4.22. The van der Waals surface area contributed by atoms with E-state index in [2.05, 4.69) is 15.9 Å². The summed E-state index contributed by atoms with van der Waals surface area (Å²) in [5, 5.41) is 10.4. The molecule has 1 aromatic heterocycles. The third kappa shape index (κ3) is 2.83. The minimum atomic E-state index is -0.651. The first-order valence-corrected chi connectivity index (χ1v) is 6.59. The molecule has 0 saturated heterocycles. The van der Waals surface area contributed by atoms with Crippen molar-refractivity contribution in [3.05, 3.63) is 58.0 Å². The smallest absolute Gasteiger partial charge is 0.101 e. The normalized spacial score (nSPS) is 14.4. The molecule has 0 saturated carbocycles. The first-order chi connectivity index (χ1) is 8.61. The van der Waals surface area contributed by atoms with Crippen LogP contribution < -0.4 is 5.73 Å². The third-order valence-corrected chi connectivity index (χ3v) is 3.50. The van der Waals surface area contributed by atoms with Crippen LogP contribution in [0.2, 0.25) is 0 Å². The molecule has 18 heavy (non-hydrogen) atoms. The second-order valence-electron chi connectivity index (χ2n) is 4.33. The number of hydrogen-bond donors (Lipinski definition) is 2. The minimum Gasteiger partial charge on any atom is -0.469 e. The van der Waals surface area contributed by atoms with Gasteiger partial charge >= 0.3 is 0 Å². The van der Waals surface area contributed by atoms with Gasteiger partial charge < -0.3 is 15.3 Å². The highest BCUT2D eigenvalue weighted by Crippen LogP contribution is 2.32. The van der Waals surface area contributed by atoms with E-state index in [1.807, 2.05) is 37.3 Å². The summed E-state index contributed by atoms with van der Waals surface area (Å²) in [5.74, 6) is 0.647. The fourth-order valence-electron chi connectivity index (χ4n) is 2.04. The molecule has 0 aliphatic heterocycles. The van der Waals surface area contributed by atoms with Crippen molar-refractivity contribution in [3.8, 4) is 0 Å². The zero-order valence-corrected chi connectivity index (χ0v) is 11.7. The van der Waals surface area contributed by atoms with E-state index < -0.39 is 6.10 Å². The van der Waals surface area contributed by atoms with Crippen molar-refractivity contribution in [2.75, 3.05) is 6.54 Å². The molecule has 0 aliphatic rings. The van der Waals surface area contributed by atoms with Gasteiger partial charge in [-0.1, -0.05) is 28.1 Å². The van der Waals surface area contributed by atoms with Crippen molar-refractivity contribution in [1.82, 2.24) is 0 Å². The largest absolute Gasteiger partial charge is 0.469 e. The Labute approximate surface area is 115 Å². The highest BCUT2D eigenvalue weighted by molar-refractivity contribution is 9.10. The van der Waals surface area contributed by atoms with E-state index in [9.17, 15) is 5.11 Å². The number of aliphatic hydroxyl groups is 1. The van der Waals surface area contributed by atoms with Crippen LogP contribution in [0.3, 0.4) is 0 Å². The summed E-state index contributed by atoms with van der Waals surface area (Å²) in [4.78, 5) is 0. The molecule has 2 atom stereocenters. The lowest BCUT2D eigenvalue weighted by molar-refractivity contribution is 0.146. The zero-order valence-electron chi connectivity index (χ0n) is 10.1. The Hall–Kier alpha value is -1.10. The van der Waals surface area contributed by atoms with Gasteiger partial charge in [0.15, 0.2) is 0 Å². The summed E-state index contributed by atoms with van der Waals surface area (Å²) in [6.07, 6.45) is 0.933. The highest BCUT2D eigenvalue weighted by atomic mass is 79.9. The second kappa shape index (κ2) is 5.69. The number of aryl methyl sites for hydroxylation is 1. The maximum absolute atomic E-state index is 10.4. The van der Waals surface area contributed by atoms with Gasteiger partial charge in [-0.15, -0.1) is 0 Å². The number of furan rings is 1. The second-order valence-corrected chi connectivity index (χ2v) is 5.25. The van der Waals surface area contributed by atoms with Gasteiger partial charge in [0.1, 0.15) is 5.76 Å². The molecular formula is C14H16BrNO2. The summed E-state index contributed by atoms with van der Waals surface area (Å²) in [5.41, 5.74) is 7.57. The number of rotatable bonds is 4. The van der Waals surface area contributed by atoms with Crippen LogP contribution in [0, 0.1) is 6.92 Å². The molecule has 0 aliphatic carbocycles. The molecule has 3 N–H and O–H groups in total. The molecule has 0 fully saturated rings. The predicted molar refractivity (Wildman–Crippen MR) is 74.3 cm³/mol. The number of nitrogens with two attached hydrogens (primary N) is 1. The average Bonchev–Trinajstić information content (AvgIpc) is 2.77. The maximum Gasteiger partial charge on any atom is 0.101 e. The Morgan fingerprint density at radius 1 is 1.33 bits per heavy atom. The molecule has 0 radical (unpaired) electrons. The Bertz CT molecular complexity index is 524. The third-order valence-electron chi connectivity index (χ3n) is 3.00. The fourth-order valence-corrected chi connectivity index (χ4v) is 2.45. The monoisotopic (exact) mass is 309 g/mol. The van der Waals surface area contributed by atoms with E-state index in [-0.39, 0.29) is 5.92 Å². The molecule has 1 aromatic carbocycles. The lowest BCUT2D eigenvalue weighted by Crippen LogP contribution is -2.19. The van der Waals surface area contributed by atoms with Crippen LogP contribution in [0.4, 0.5) is 0 Å². The zero-order chi connectivity index (χ0) is 13.1. The van der Waals surface area contributed by atoms with Gasteiger partial charge in [-0.2, -0.15) is 0 Å². The van der Waals surface area contributed by atoms with Gasteiger partial charge in [0, 0.05) is 22.5 Å². The molecule has 1 heterocycles. The minimum absolute atomic E-state index is 0.139. The SMILES string of the molecule is Cc1cc(C(O)C(CN)c2cccc(Br)c2)co1. The van der Waals surface area contributed by atoms with Crippen molar-refractivity contribution in [2.24, 2.45) is 5.73 Å². The number of benzene rings is 1. The maximum atomic E-state index is 10.4. The van der Waals surface area contributed by atoms with E-state index in [1.54, 1.807) is 6.26 Å². The van der Waals surface area contributed by atoms with Crippen molar-refractivity contribution in [2.45, 2.75) is 18.9 Å². The molecule has 2 rings (SSSR count). The van der Waals surface area contributed by atoms with Gasteiger partial charge in [-0.3, -0.25) is 0 Å². The molecule has 96 valence electrons. The van der Waals surface area contributed by atoms with E-state index in [1.165, 1.54) is 0 Å². The van der Waals surface area contributed by atoms with Crippen LogP contribution in [0.1, 0.15) is 28.9 Å². The summed E-state index contributed by atoms with van der Waals surface area (Å²) < 4.78 is 6.21. The van der Waals surface area contributed by atoms with Crippen LogP contribution >= 0.6 is 15.9 Å². The summed E-state index contributed by atoms with van der Waals surface area (Å²) in [6.45, 7) is 2.23. The molecular weight excluding hydrogens is 294 g/mol. The number of aliphatic hydroxyl groups excluding tert-OH is 1. The van der Waals surface area contributed by atoms with Gasteiger partial charge in [0.25, 0.3) is 0 Å². The van der Waals surface area contributed by atoms with Gasteiger partial charge in [-0.25, -0.2) is 0 Å². The molecule has 4 heteroatoms. The van der Waals surface area contributed by atoms with Crippen LogP contribution in [0.5, 0.6) is 0 Å². The van der Waals surface area contributed by atoms with Gasteiger partial charge in [0.05, 0.1) is 12.4 Å². The molecule has 0 bridgehead atoms. The molecule has 3 nitrogen and oxygen atoms in total. The standard InChI is InChI=1S/C14H16BrNO2/c1-9-5-11(8-18-9)14(17)13(7-16)10-3-2-4-12(15)6-10/h2-6,8,13-14,17H,7,16H2,1H3. The van der Waals surface area contributed by atoms with Crippen LogP contribution in [0.15, 0.2) is 45.5 Å². The van der Waals surface area contributed by atoms with Gasteiger partial charge in [0.2, 0.25) is 0 Å². The lowest BCUT2D eigenvalue weighted by atomic mass is 9.90. The fraction of sp³-hybridized carbons (Fsp3) is 0.286. The van der Waals surface area contributed by atoms with E-state index in [0.29, 0.717) is 6.54 Å². The van der Waals surface area contributed by atoms with Crippen molar-refractivity contribution >= 4 is 15.9 Å². The first-order valence-electron chi connectivity index (χ1n) is 5.80. The summed E-state index contributed by atoms with van der Waals surface area (Å²) in [6, 6.07) is 9.68. The predicted octanol–water partition coefficient (Wildman–Crippen LogP) is 3.13. The molecule has 2 aromatic rings. The molecule has 0 amide bonds. The van der Waals surface area contributed by atoms with Crippen molar-refractivity contribution < 1.29 is 9.52 Å². The summed E-state index contributed by atoms with van der Waals surface area (Å²) in [7, 11) is 0. The average molecular weight is 310 g/mol. The van der Waals surface area contributed by atoms with Crippen LogP contribution in [-0.2, 0) is 0 Å². The number of halogens is 1. The molecule has 0 spiro atoms. The van der Waals surface area contributed by atoms with Crippen LogP contribution in [0.25, 0.3) is 0 Å². The summed E-state index contributed by atoms with van der Waals surface area (Å²) >= 11 is 3.43.